The Kier molecular flexibility index (Phi) is 11.0. The van der Waals surface area contributed by atoms with Crippen molar-refractivity contribution in [3.8, 4) is 11.5 Å². The number of aliphatic hydroxyl groups is 1. The second kappa shape index (κ2) is 13.2. The Morgan fingerprint density at radius 2 is 2.14 bits per heavy atom. The maximum atomic E-state index is 10.9. The van der Waals surface area contributed by atoms with Crippen molar-refractivity contribution < 1.29 is 19.3 Å². The molecule has 0 aliphatic carbocycles. The molecule has 2 rings (SSSR count). The summed E-state index contributed by atoms with van der Waals surface area (Å²) in [7, 11) is 0. The van der Waals surface area contributed by atoms with E-state index in [2.05, 4.69) is 28.6 Å². The van der Waals surface area contributed by atoms with Crippen LogP contribution in [0.25, 0.3) is 5.70 Å². The molecule has 1 heterocycles. The molecule has 4 N–H and O–H groups in total. The van der Waals surface area contributed by atoms with Crippen LogP contribution in [0, 0.1) is 0 Å². The average Bonchev–Trinajstić information content (AvgIpc) is 2.65. The molecule has 0 aliphatic rings. The third kappa shape index (κ3) is 7.87. The SMILES string of the molecule is C/C=C\CF.CC/C=C(\C)n1cc(C(O)N/N=C/c2cccc(OCC)c2O)[nH]1. The predicted octanol–water partition coefficient (Wildman–Crippen LogP) is 4.34. The van der Waals surface area contributed by atoms with E-state index >= 15 is 0 Å². The molecular weight excluding hydrogens is 375 g/mol. The van der Waals surface area contributed by atoms with Crippen LogP contribution < -0.4 is 10.2 Å². The molecule has 8 heteroatoms. The summed E-state index contributed by atoms with van der Waals surface area (Å²) in [5.74, 6) is 0.422. The first-order valence-electron chi connectivity index (χ1n) is 9.51. The molecule has 0 aliphatic heterocycles. The monoisotopic (exact) mass is 406 g/mol. The highest BCUT2D eigenvalue weighted by molar-refractivity contribution is 5.84. The lowest BCUT2D eigenvalue weighted by molar-refractivity contribution is 0.131. The zero-order chi connectivity index (χ0) is 21.6. The van der Waals surface area contributed by atoms with Crippen molar-refractivity contribution in [2.24, 2.45) is 5.10 Å². The number of hydrogen-bond acceptors (Lipinski definition) is 5. The molecule has 1 atom stereocenters. The van der Waals surface area contributed by atoms with Gasteiger partial charge in [-0.15, -0.1) is 0 Å². The molecular formula is C21H31FN4O3. The van der Waals surface area contributed by atoms with E-state index in [-0.39, 0.29) is 12.4 Å². The van der Waals surface area contributed by atoms with Crippen LogP contribution in [0.3, 0.4) is 0 Å². The summed E-state index contributed by atoms with van der Waals surface area (Å²) in [6, 6.07) is 5.15. The molecule has 0 fully saturated rings. The van der Waals surface area contributed by atoms with Crippen LogP contribution in [0.15, 0.2) is 47.7 Å². The second-order valence-electron chi connectivity index (χ2n) is 5.96. The van der Waals surface area contributed by atoms with E-state index in [1.165, 1.54) is 12.3 Å². The number of H-pyrrole nitrogens is 1. The van der Waals surface area contributed by atoms with Gasteiger partial charge in [0.25, 0.3) is 0 Å². The quantitative estimate of drug-likeness (QED) is 0.216. The lowest BCUT2D eigenvalue weighted by atomic mass is 10.2. The number of hydrogen-bond donors (Lipinski definition) is 4. The number of para-hydroxylation sites is 1. The molecule has 0 amide bonds. The fourth-order valence-corrected chi connectivity index (χ4v) is 2.24. The topological polar surface area (TPSA) is 94.8 Å². The van der Waals surface area contributed by atoms with Gasteiger partial charge in [0.2, 0.25) is 0 Å². The minimum Gasteiger partial charge on any atom is -0.504 e. The number of allylic oxidation sites excluding steroid dienone is 4. The van der Waals surface area contributed by atoms with E-state index in [4.69, 9.17) is 4.74 Å². The lowest BCUT2D eigenvalue weighted by Gasteiger charge is -2.19. The van der Waals surface area contributed by atoms with Gasteiger partial charge in [-0.05, 0) is 39.3 Å². The van der Waals surface area contributed by atoms with Crippen molar-refractivity contribution in [2.75, 3.05) is 13.3 Å². The molecule has 0 radical (unpaired) electrons. The summed E-state index contributed by atoms with van der Waals surface area (Å²) in [5, 5.41) is 27.0. The number of halogens is 1. The van der Waals surface area contributed by atoms with E-state index in [1.807, 2.05) is 18.5 Å². The fourth-order valence-electron chi connectivity index (χ4n) is 2.24. The highest BCUT2D eigenvalue weighted by Gasteiger charge is 2.12. The van der Waals surface area contributed by atoms with Gasteiger partial charge < -0.3 is 14.9 Å². The molecule has 0 spiro atoms. The molecule has 7 nitrogen and oxygen atoms in total. The maximum absolute atomic E-state index is 10.9. The third-order valence-electron chi connectivity index (χ3n) is 3.75. The summed E-state index contributed by atoms with van der Waals surface area (Å²) in [4.78, 5) is 0. The van der Waals surface area contributed by atoms with Crippen molar-refractivity contribution in [1.29, 1.82) is 0 Å². The normalized spacial score (nSPS) is 12.8. The number of aliphatic hydroxyl groups excluding tert-OH is 1. The van der Waals surface area contributed by atoms with E-state index in [0.29, 0.717) is 23.6 Å². The van der Waals surface area contributed by atoms with E-state index in [1.54, 1.807) is 37.4 Å². The van der Waals surface area contributed by atoms with Gasteiger partial charge in [0, 0.05) is 11.3 Å². The standard InChI is InChI=1S/C17H24N4O3.C4H7F/c1-4-7-12(3)21-11-14(20-21)17(23)19-18-10-13-8-6-9-15(16(13)22)24-5-2;1-2-3-4-5/h6-11,17,19-20,22-23H,4-5H2,1-3H3;2-3H,4H2,1H3/b12-7+,18-10+;3-2-. The molecule has 160 valence electrons. The minimum absolute atomic E-state index is 0.0203. The van der Waals surface area contributed by atoms with Gasteiger partial charge in [0.15, 0.2) is 17.7 Å². The molecule has 1 aromatic carbocycles. The summed E-state index contributed by atoms with van der Waals surface area (Å²) < 4.78 is 18.0. The molecule has 0 bridgehead atoms. The van der Waals surface area contributed by atoms with Gasteiger partial charge in [-0.3, -0.25) is 15.2 Å². The van der Waals surface area contributed by atoms with Gasteiger partial charge in [-0.1, -0.05) is 31.2 Å². The van der Waals surface area contributed by atoms with Crippen LogP contribution >= 0.6 is 0 Å². The molecule has 29 heavy (non-hydrogen) atoms. The van der Waals surface area contributed by atoms with Crippen LogP contribution in [-0.2, 0) is 0 Å². The van der Waals surface area contributed by atoms with Gasteiger partial charge in [0.1, 0.15) is 12.4 Å². The van der Waals surface area contributed by atoms with Gasteiger partial charge >= 0.3 is 0 Å². The van der Waals surface area contributed by atoms with Crippen LogP contribution in [-0.4, -0.2) is 39.5 Å². The number of phenols is 1. The van der Waals surface area contributed by atoms with Gasteiger partial charge in [-0.25, -0.2) is 4.39 Å². The predicted molar refractivity (Wildman–Crippen MR) is 115 cm³/mol. The van der Waals surface area contributed by atoms with Crippen LogP contribution in [0.1, 0.15) is 51.6 Å². The summed E-state index contributed by atoms with van der Waals surface area (Å²) in [5.41, 5.74) is 4.78. The molecule has 1 unspecified atom stereocenters. The number of aromatic amines is 1. The number of phenolic OH excluding ortho intramolecular Hbond substituents is 1. The van der Waals surface area contributed by atoms with E-state index in [0.717, 1.165) is 12.1 Å². The van der Waals surface area contributed by atoms with Crippen molar-refractivity contribution in [1.82, 2.24) is 15.2 Å². The van der Waals surface area contributed by atoms with Crippen molar-refractivity contribution in [3.63, 3.8) is 0 Å². The summed E-state index contributed by atoms with van der Waals surface area (Å²) in [6.45, 7) is 7.81. The first-order chi connectivity index (χ1) is 14.0. The number of nitrogens with zero attached hydrogens (tertiary/aromatic N) is 2. The number of rotatable bonds is 9. The minimum atomic E-state index is -0.954. The van der Waals surface area contributed by atoms with Crippen molar-refractivity contribution in [2.45, 2.75) is 40.3 Å². The Morgan fingerprint density at radius 1 is 1.41 bits per heavy atom. The summed E-state index contributed by atoms with van der Waals surface area (Å²) >= 11 is 0. The average molecular weight is 407 g/mol. The number of benzene rings is 1. The molecule has 0 saturated carbocycles. The number of alkyl halides is 1. The maximum Gasteiger partial charge on any atom is 0.183 e. The highest BCUT2D eigenvalue weighted by atomic mass is 19.1. The second-order valence-corrected chi connectivity index (χ2v) is 5.96. The first-order valence-corrected chi connectivity index (χ1v) is 9.51. The fraction of sp³-hybridized carbons (Fsp3) is 0.381. The number of aromatic hydroxyl groups is 1. The number of hydrazone groups is 1. The van der Waals surface area contributed by atoms with Crippen LogP contribution in [0.4, 0.5) is 4.39 Å². The zero-order valence-electron chi connectivity index (χ0n) is 17.4. The number of ether oxygens (including phenoxy) is 1. The Morgan fingerprint density at radius 3 is 2.69 bits per heavy atom. The lowest BCUT2D eigenvalue weighted by Crippen LogP contribution is -2.22. The van der Waals surface area contributed by atoms with E-state index < -0.39 is 6.23 Å². The van der Waals surface area contributed by atoms with Crippen LogP contribution in [0.5, 0.6) is 11.5 Å². The Bertz CT molecular complexity index is 797. The third-order valence-corrected chi connectivity index (χ3v) is 3.75. The zero-order valence-corrected chi connectivity index (χ0v) is 17.4. The van der Waals surface area contributed by atoms with Crippen LogP contribution in [0.2, 0.25) is 0 Å². The Balaban J connectivity index is 0.000000749. The van der Waals surface area contributed by atoms with Crippen molar-refractivity contribution in [3.05, 3.63) is 53.9 Å². The smallest absolute Gasteiger partial charge is 0.183 e. The first kappa shape index (κ1) is 24.0. The summed E-state index contributed by atoms with van der Waals surface area (Å²) in [6.07, 6.45) is 8.43. The molecule has 2 aromatic rings. The van der Waals surface area contributed by atoms with Crippen molar-refractivity contribution >= 4 is 11.9 Å². The van der Waals surface area contributed by atoms with E-state index in [9.17, 15) is 14.6 Å². The number of aromatic nitrogens is 2. The Hall–Kier alpha value is -3.00. The van der Waals surface area contributed by atoms with Gasteiger partial charge in [-0.2, -0.15) is 5.10 Å². The molecule has 0 saturated heterocycles. The Labute approximate surface area is 171 Å². The molecule has 1 aromatic heterocycles. The largest absolute Gasteiger partial charge is 0.504 e. The number of nitrogens with one attached hydrogen (secondary N) is 2. The van der Waals surface area contributed by atoms with Gasteiger partial charge in [0.05, 0.1) is 19.0 Å². The highest BCUT2D eigenvalue weighted by Crippen LogP contribution is 2.28.